The van der Waals surface area contributed by atoms with Gasteiger partial charge in [-0.05, 0) is 41.2 Å². The van der Waals surface area contributed by atoms with Gasteiger partial charge in [0.2, 0.25) is 0 Å². The van der Waals surface area contributed by atoms with E-state index in [4.69, 9.17) is 0 Å². The number of benzene rings is 1. The average Bonchev–Trinajstić information content (AvgIpc) is 3.22. The first kappa shape index (κ1) is 18.7. The first-order valence-electron chi connectivity index (χ1n) is 10.0. The number of ketones is 1. The first-order valence-corrected chi connectivity index (χ1v) is 10.9. The van der Waals surface area contributed by atoms with E-state index in [1.807, 2.05) is 16.9 Å². The molecule has 1 aromatic carbocycles. The minimum atomic E-state index is -0.122. The Bertz CT molecular complexity index is 1210. The molecule has 7 nitrogen and oxygen atoms in total. The van der Waals surface area contributed by atoms with Crippen LogP contribution in [0.2, 0.25) is 0 Å². The zero-order chi connectivity index (χ0) is 20.5. The number of carbonyl (C=O) groups is 1. The van der Waals surface area contributed by atoms with Crippen molar-refractivity contribution in [1.29, 1.82) is 0 Å². The molecule has 1 fully saturated rings. The smallest absolute Gasteiger partial charge is 0.182 e. The summed E-state index contributed by atoms with van der Waals surface area (Å²) in [6, 6.07) is 10.2. The summed E-state index contributed by atoms with van der Waals surface area (Å²) in [7, 11) is 0. The van der Waals surface area contributed by atoms with E-state index in [0.717, 1.165) is 18.2 Å². The molecule has 3 aromatic heterocycles. The lowest BCUT2D eigenvalue weighted by molar-refractivity contribution is 0.101. The van der Waals surface area contributed by atoms with Crippen molar-refractivity contribution in [3.63, 3.8) is 0 Å². The molecular weight excluding hydrogens is 396 g/mol. The minimum absolute atomic E-state index is 0.122. The van der Waals surface area contributed by atoms with Gasteiger partial charge in [0.15, 0.2) is 17.3 Å². The minimum Gasteiger partial charge on any atom is -0.379 e. The van der Waals surface area contributed by atoms with Crippen LogP contribution in [0.1, 0.15) is 35.8 Å². The highest BCUT2D eigenvalue weighted by Crippen LogP contribution is 2.31. The molecule has 30 heavy (non-hydrogen) atoms. The molecule has 0 unspecified atom stereocenters. The highest BCUT2D eigenvalue weighted by Gasteiger charge is 2.22. The Labute approximate surface area is 178 Å². The van der Waals surface area contributed by atoms with E-state index < -0.39 is 0 Å². The van der Waals surface area contributed by atoms with Gasteiger partial charge in [0.1, 0.15) is 0 Å². The van der Waals surface area contributed by atoms with E-state index in [1.54, 1.807) is 17.5 Å². The van der Waals surface area contributed by atoms with Crippen molar-refractivity contribution >= 4 is 44.4 Å². The molecule has 1 aliphatic carbocycles. The van der Waals surface area contributed by atoms with E-state index in [9.17, 15) is 4.79 Å². The third kappa shape index (κ3) is 4.04. The lowest BCUT2D eigenvalue weighted by Gasteiger charge is -2.12. The van der Waals surface area contributed by atoms with Gasteiger partial charge in [-0.15, -0.1) is 21.5 Å². The molecule has 0 radical (unpaired) electrons. The highest BCUT2D eigenvalue weighted by molar-refractivity contribution is 7.17. The number of carbonyl (C=O) groups excluding carboxylic acids is 1. The predicted octanol–water partition coefficient (Wildman–Crippen LogP) is 4.86. The summed E-state index contributed by atoms with van der Waals surface area (Å²) in [5.74, 6) is 1.21. The molecule has 1 aliphatic rings. The van der Waals surface area contributed by atoms with Gasteiger partial charge in [0.05, 0.1) is 17.6 Å². The summed E-state index contributed by atoms with van der Waals surface area (Å²) in [4.78, 5) is 12.1. The van der Waals surface area contributed by atoms with Crippen molar-refractivity contribution in [2.45, 2.75) is 32.9 Å². The molecule has 3 heterocycles. The second-order valence-electron chi connectivity index (χ2n) is 7.68. The Balaban J connectivity index is 1.35. The normalized spacial score (nSPS) is 13.5. The van der Waals surface area contributed by atoms with E-state index in [1.165, 1.54) is 35.4 Å². The molecule has 1 saturated carbocycles. The number of hydrogen-bond donors (Lipinski definition) is 2. The van der Waals surface area contributed by atoms with Crippen molar-refractivity contribution in [3.8, 4) is 0 Å². The largest absolute Gasteiger partial charge is 0.379 e. The standard InChI is InChI=1S/C22H22N6OS/c1-14(29)21-19(23-10-17-4-2-3-16-7-8-30-22(16)17)9-20(26-27-21)25-18-11-24-28(13-18)12-15-5-6-15/h2-4,7-9,11,13,15H,5-6,10,12H2,1H3,(H2,23,25,26). The molecule has 5 rings (SSSR count). The molecule has 0 bridgehead atoms. The third-order valence-electron chi connectivity index (χ3n) is 5.21. The topological polar surface area (TPSA) is 84.7 Å². The lowest BCUT2D eigenvalue weighted by Crippen LogP contribution is -2.09. The summed E-state index contributed by atoms with van der Waals surface area (Å²) in [6.45, 7) is 3.06. The van der Waals surface area contributed by atoms with Gasteiger partial charge in [-0.3, -0.25) is 9.48 Å². The van der Waals surface area contributed by atoms with Gasteiger partial charge in [-0.1, -0.05) is 18.2 Å². The maximum absolute atomic E-state index is 12.1. The third-order valence-corrected chi connectivity index (χ3v) is 6.21. The van der Waals surface area contributed by atoms with Gasteiger partial charge in [-0.2, -0.15) is 5.10 Å². The Morgan fingerprint density at radius 2 is 2.17 bits per heavy atom. The zero-order valence-corrected chi connectivity index (χ0v) is 17.4. The highest BCUT2D eigenvalue weighted by atomic mass is 32.1. The number of thiophene rings is 1. The number of aromatic nitrogens is 4. The van der Waals surface area contributed by atoms with Crippen LogP contribution in [0.5, 0.6) is 0 Å². The number of nitrogens with zero attached hydrogens (tertiary/aromatic N) is 4. The Kier molecular flexibility index (Phi) is 4.92. The average molecular weight is 419 g/mol. The predicted molar refractivity (Wildman–Crippen MR) is 119 cm³/mol. The monoisotopic (exact) mass is 418 g/mol. The molecular formula is C22H22N6OS. The number of fused-ring (bicyclic) bond motifs is 1. The summed E-state index contributed by atoms with van der Waals surface area (Å²) >= 11 is 1.72. The van der Waals surface area contributed by atoms with Crippen LogP contribution >= 0.6 is 11.3 Å². The van der Waals surface area contributed by atoms with E-state index in [-0.39, 0.29) is 5.78 Å². The fourth-order valence-corrected chi connectivity index (χ4v) is 4.39. The number of nitrogens with one attached hydrogen (secondary N) is 2. The van der Waals surface area contributed by atoms with Gasteiger partial charge in [0, 0.05) is 37.0 Å². The Morgan fingerprint density at radius 3 is 3.00 bits per heavy atom. The Hall–Kier alpha value is -3.26. The van der Waals surface area contributed by atoms with Gasteiger partial charge < -0.3 is 10.6 Å². The molecule has 4 aromatic rings. The van der Waals surface area contributed by atoms with Crippen molar-refractivity contribution in [3.05, 3.63) is 59.4 Å². The number of rotatable bonds is 8. The number of anilines is 3. The maximum atomic E-state index is 12.1. The maximum Gasteiger partial charge on any atom is 0.182 e. The Morgan fingerprint density at radius 1 is 1.27 bits per heavy atom. The second-order valence-corrected chi connectivity index (χ2v) is 8.59. The molecule has 0 amide bonds. The van der Waals surface area contributed by atoms with Gasteiger partial charge in [0.25, 0.3) is 0 Å². The quantitative estimate of drug-likeness (QED) is 0.398. The van der Waals surface area contributed by atoms with Crippen molar-refractivity contribution < 1.29 is 4.79 Å². The van der Waals surface area contributed by atoms with Crippen molar-refractivity contribution in [1.82, 2.24) is 20.0 Å². The molecule has 0 aliphatic heterocycles. The fourth-order valence-electron chi connectivity index (χ4n) is 3.47. The van der Waals surface area contributed by atoms with Crippen molar-refractivity contribution in [2.24, 2.45) is 5.92 Å². The van der Waals surface area contributed by atoms with Crippen LogP contribution in [-0.2, 0) is 13.1 Å². The van der Waals surface area contributed by atoms with Crippen LogP contribution in [-0.4, -0.2) is 25.8 Å². The van der Waals surface area contributed by atoms with Gasteiger partial charge >= 0.3 is 0 Å². The summed E-state index contributed by atoms with van der Waals surface area (Å²) in [5.41, 5.74) is 3.04. The summed E-state index contributed by atoms with van der Waals surface area (Å²) in [6.07, 6.45) is 6.33. The molecule has 8 heteroatoms. The second kappa shape index (κ2) is 7.87. The van der Waals surface area contributed by atoms with Gasteiger partial charge in [-0.25, -0.2) is 0 Å². The number of hydrogen-bond acceptors (Lipinski definition) is 7. The summed E-state index contributed by atoms with van der Waals surface area (Å²) < 4.78 is 3.20. The summed E-state index contributed by atoms with van der Waals surface area (Å²) in [5, 5.41) is 22.7. The zero-order valence-electron chi connectivity index (χ0n) is 16.6. The van der Waals surface area contributed by atoms with Crippen LogP contribution < -0.4 is 10.6 Å². The molecule has 152 valence electrons. The molecule has 2 N–H and O–H groups in total. The van der Waals surface area contributed by atoms with Crippen molar-refractivity contribution in [2.75, 3.05) is 10.6 Å². The number of Topliss-reactive ketones (excluding diaryl/α,β-unsaturated/α-hetero) is 1. The van der Waals surface area contributed by atoms with Crippen LogP contribution in [0, 0.1) is 5.92 Å². The molecule has 0 atom stereocenters. The molecule has 0 spiro atoms. The fraction of sp³-hybridized carbons (Fsp3) is 0.273. The van der Waals surface area contributed by atoms with Crippen LogP contribution in [0.3, 0.4) is 0 Å². The molecule has 0 saturated heterocycles. The van der Waals surface area contributed by atoms with Crippen LogP contribution in [0.4, 0.5) is 17.2 Å². The van der Waals surface area contributed by atoms with Crippen LogP contribution in [0.15, 0.2) is 48.1 Å². The van der Waals surface area contributed by atoms with E-state index in [2.05, 4.69) is 55.6 Å². The van der Waals surface area contributed by atoms with E-state index >= 15 is 0 Å². The first-order chi connectivity index (χ1) is 14.7. The lowest BCUT2D eigenvalue weighted by atomic mass is 10.1. The SMILES string of the molecule is CC(=O)c1nnc(Nc2cnn(CC3CC3)c2)cc1NCc1cccc2ccsc12. The van der Waals surface area contributed by atoms with E-state index in [0.29, 0.717) is 23.7 Å². The van der Waals surface area contributed by atoms with Crippen LogP contribution in [0.25, 0.3) is 10.1 Å².